The monoisotopic (exact) mass is 473 g/mol. The highest BCUT2D eigenvalue weighted by atomic mass is 35.5. The number of rotatable bonds is 6. The molecule has 2 aromatic carbocycles. The summed E-state index contributed by atoms with van der Waals surface area (Å²) in [5, 5.41) is 11.4. The molecule has 0 bridgehead atoms. The summed E-state index contributed by atoms with van der Waals surface area (Å²) < 4.78 is 7.70. The molecule has 0 fully saturated rings. The van der Waals surface area contributed by atoms with Crippen LogP contribution in [-0.2, 0) is 14.1 Å². The van der Waals surface area contributed by atoms with Crippen LogP contribution >= 0.6 is 23.4 Å². The van der Waals surface area contributed by atoms with Gasteiger partial charge < -0.3 is 9.84 Å². The number of aryl methyl sites for hydroxylation is 2. The third-order valence-electron chi connectivity index (χ3n) is 4.99. The molecule has 168 valence electrons. The zero-order valence-electron chi connectivity index (χ0n) is 18.3. The number of ether oxygens (including phenoxy) is 1. The fraction of sp³-hybridized carbons (Fsp3) is 0.261. The Kier molecular flexibility index (Phi) is 7.48. The van der Waals surface area contributed by atoms with E-state index >= 15 is 0 Å². The minimum absolute atomic E-state index is 0.0319. The zero-order chi connectivity index (χ0) is 23.4. The van der Waals surface area contributed by atoms with E-state index in [1.165, 1.54) is 25.9 Å². The average molecular weight is 474 g/mol. The van der Waals surface area contributed by atoms with Gasteiger partial charge in [0, 0.05) is 19.8 Å². The predicted octanol–water partition coefficient (Wildman–Crippen LogP) is 3.95. The number of hydrogen-bond donors (Lipinski definition) is 1. The first kappa shape index (κ1) is 23.7. The summed E-state index contributed by atoms with van der Waals surface area (Å²) in [6.07, 6.45) is 0. The van der Waals surface area contributed by atoms with E-state index in [4.69, 9.17) is 16.3 Å². The first-order valence-electron chi connectivity index (χ1n) is 9.86. The summed E-state index contributed by atoms with van der Waals surface area (Å²) >= 11 is 7.37. The van der Waals surface area contributed by atoms with Crippen molar-refractivity contribution in [1.29, 1.82) is 0 Å². The van der Waals surface area contributed by atoms with Gasteiger partial charge in [-0.1, -0.05) is 29.8 Å². The standard InChI is InChI=1S/C23H24ClN3O4S/c1-14-9-10-16(13-15(14)2)25-20(19-21(28)26(3)23(30)27(4)22(19)29)32-12-11-31-18-8-6-5-7-17(18)24/h5-10,13,28H,11-12H2,1-4H3. The normalized spacial score (nSPS) is 11.6. The van der Waals surface area contributed by atoms with E-state index in [-0.39, 0.29) is 5.56 Å². The van der Waals surface area contributed by atoms with E-state index in [0.717, 1.165) is 20.3 Å². The molecule has 9 heteroatoms. The van der Waals surface area contributed by atoms with E-state index in [9.17, 15) is 14.7 Å². The van der Waals surface area contributed by atoms with Crippen LogP contribution in [0.5, 0.6) is 11.6 Å². The molecule has 0 aliphatic rings. The van der Waals surface area contributed by atoms with Gasteiger partial charge in [-0.2, -0.15) is 0 Å². The fourth-order valence-electron chi connectivity index (χ4n) is 2.95. The number of nitrogens with zero attached hydrogens (tertiary/aromatic N) is 3. The van der Waals surface area contributed by atoms with Crippen molar-refractivity contribution in [1.82, 2.24) is 9.13 Å². The summed E-state index contributed by atoms with van der Waals surface area (Å²) in [6.45, 7) is 4.27. The Labute approximate surface area is 195 Å². The predicted molar refractivity (Wildman–Crippen MR) is 130 cm³/mol. The molecule has 0 aliphatic carbocycles. The SMILES string of the molecule is Cc1ccc(N=C(SCCOc2ccccc2Cl)c2c(O)n(C)c(=O)n(C)c2=O)cc1C. The molecule has 0 amide bonds. The van der Waals surface area contributed by atoms with Crippen LogP contribution in [0.25, 0.3) is 0 Å². The van der Waals surface area contributed by atoms with E-state index in [2.05, 4.69) is 4.99 Å². The highest BCUT2D eigenvalue weighted by Crippen LogP contribution is 2.26. The van der Waals surface area contributed by atoms with E-state index in [1.807, 2.05) is 44.2 Å². The van der Waals surface area contributed by atoms with Crippen LogP contribution < -0.4 is 16.0 Å². The molecule has 1 N–H and O–H groups in total. The number of aliphatic imine (C=N–C) groups is 1. The maximum Gasteiger partial charge on any atom is 0.333 e. The summed E-state index contributed by atoms with van der Waals surface area (Å²) in [7, 11) is 2.77. The number of halogens is 1. The van der Waals surface area contributed by atoms with Gasteiger partial charge in [-0.3, -0.25) is 13.9 Å². The lowest BCUT2D eigenvalue weighted by Crippen LogP contribution is -2.39. The lowest BCUT2D eigenvalue weighted by atomic mass is 10.1. The summed E-state index contributed by atoms with van der Waals surface area (Å²) in [5.74, 6) is 0.559. The summed E-state index contributed by atoms with van der Waals surface area (Å²) in [5.41, 5.74) is 1.54. The Morgan fingerprint density at radius 1 is 1.09 bits per heavy atom. The number of para-hydroxylation sites is 1. The van der Waals surface area contributed by atoms with E-state index < -0.39 is 17.1 Å². The van der Waals surface area contributed by atoms with Crippen LogP contribution in [0, 0.1) is 13.8 Å². The third kappa shape index (κ3) is 5.08. The molecule has 3 aromatic rings. The van der Waals surface area contributed by atoms with Gasteiger partial charge in [-0.15, -0.1) is 11.8 Å². The van der Waals surface area contributed by atoms with Crippen LogP contribution in [0.15, 0.2) is 57.0 Å². The molecule has 1 aromatic heterocycles. The van der Waals surface area contributed by atoms with Crippen molar-refractivity contribution >= 4 is 34.1 Å². The molecule has 7 nitrogen and oxygen atoms in total. The lowest BCUT2D eigenvalue weighted by molar-refractivity contribution is 0.344. The van der Waals surface area contributed by atoms with Gasteiger partial charge in [0.15, 0.2) is 0 Å². The molecule has 0 aliphatic heterocycles. The van der Waals surface area contributed by atoms with Crippen molar-refractivity contribution < 1.29 is 9.84 Å². The summed E-state index contributed by atoms with van der Waals surface area (Å²) in [4.78, 5) is 29.7. The van der Waals surface area contributed by atoms with E-state index in [1.54, 1.807) is 12.1 Å². The van der Waals surface area contributed by atoms with Gasteiger partial charge in [0.2, 0.25) is 5.88 Å². The Balaban J connectivity index is 1.96. The second-order valence-electron chi connectivity index (χ2n) is 7.22. The lowest BCUT2D eigenvalue weighted by Gasteiger charge is -2.13. The van der Waals surface area contributed by atoms with Crippen molar-refractivity contribution in [3.63, 3.8) is 0 Å². The van der Waals surface area contributed by atoms with E-state index in [0.29, 0.717) is 33.9 Å². The van der Waals surface area contributed by atoms with Gasteiger partial charge in [-0.25, -0.2) is 9.79 Å². The van der Waals surface area contributed by atoms with Crippen LogP contribution in [-0.4, -0.2) is 31.6 Å². The van der Waals surface area contributed by atoms with Gasteiger partial charge in [0.25, 0.3) is 5.56 Å². The Bertz CT molecular complexity index is 1300. The number of hydrogen-bond acceptors (Lipinski definition) is 6. The minimum atomic E-state index is -0.618. The van der Waals surface area contributed by atoms with Gasteiger partial charge in [-0.05, 0) is 49.2 Å². The fourth-order valence-corrected chi connectivity index (χ4v) is 3.99. The first-order chi connectivity index (χ1) is 15.2. The van der Waals surface area contributed by atoms with Gasteiger partial charge >= 0.3 is 5.69 Å². The zero-order valence-corrected chi connectivity index (χ0v) is 19.8. The number of aromatic nitrogens is 2. The molecular formula is C23H24ClN3O4S. The van der Waals surface area contributed by atoms with Crippen LogP contribution in [0.2, 0.25) is 5.02 Å². The molecule has 0 unspecified atom stereocenters. The molecule has 0 spiro atoms. The first-order valence-corrected chi connectivity index (χ1v) is 11.2. The largest absolute Gasteiger partial charge is 0.494 e. The Hall–Kier alpha value is -2.97. The molecular weight excluding hydrogens is 450 g/mol. The van der Waals surface area contributed by atoms with Crippen LogP contribution in [0.4, 0.5) is 5.69 Å². The topological polar surface area (TPSA) is 85.8 Å². The molecule has 3 rings (SSSR count). The molecule has 0 saturated carbocycles. The third-order valence-corrected chi connectivity index (χ3v) is 6.24. The molecule has 0 radical (unpaired) electrons. The maximum atomic E-state index is 12.9. The van der Waals surface area contributed by atoms with Gasteiger partial charge in [0.05, 0.1) is 17.3 Å². The van der Waals surface area contributed by atoms with Crippen molar-refractivity contribution in [2.75, 3.05) is 12.4 Å². The van der Waals surface area contributed by atoms with Crippen molar-refractivity contribution in [3.05, 3.63) is 85.0 Å². The highest BCUT2D eigenvalue weighted by Gasteiger charge is 2.21. The average Bonchev–Trinajstić information content (AvgIpc) is 2.77. The number of thioether (sulfide) groups is 1. The quantitative estimate of drug-likeness (QED) is 0.333. The number of aromatic hydroxyl groups is 1. The van der Waals surface area contributed by atoms with Crippen LogP contribution in [0.3, 0.4) is 0 Å². The maximum absolute atomic E-state index is 12.9. The van der Waals surface area contributed by atoms with Crippen LogP contribution in [0.1, 0.15) is 16.7 Å². The van der Waals surface area contributed by atoms with Crippen molar-refractivity contribution in [3.8, 4) is 11.6 Å². The minimum Gasteiger partial charge on any atom is -0.494 e. The Morgan fingerprint density at radius 2 is 1.81 bits per heavy atom. The molecule has 0 saturated heterocycles. The summed E-state index contributed by atoms with van der Waals surface area (Å²) in [6, 6.07) is 12.8. The molecule has 0 atom stereocenters. The smallest absolute Gasteiger partial charge is 0.333 e. The second kappa shape index (κ2) is 10.1. The molecule has 1 heterocycles. The van der Waals surface area contributed by atoms with Crippen molar-refractivity contribution in [2.45, 2.75) is 13.8 Å². The second-order valence-corrected chi connectivity index (χ2v) is 8.71. The van der Waals surface area contributed by atoms with Crippen molar-refractivity contribution in [2.24, 2.45) is 19.1 Å². The highest BCUT2D eigenvalue weighted by molar-refractivity contribution is 8.14. The molecule has 32 heavy (non-hydrogen) atoms. The van der Waals surface area contributed by atoms with Gasteiger partial charge in [0.1, 0.15) is 16.4 Å². The number of benzene rings is 2. The Morgan fingerprint density at radius 3 is 2.50 bits per heavy atom.